The number of rotatable bonds is 8. The Balaban J connectivity index is 1.33. The molecule has 9 heteroatoms. The van der Waals surface area contributed by atoms with E-state index in [1.165, 1.54) is 0 Å². The zero-order chi connectivity index (χ0) is 25.5. The number of amides is 1. The van der Waals surface area contributed by atoms with Crippen LogP contribution in [0, 0.1) is 0 Å². The van der Waals surface area contributed by atoms with Crippen LogP contribution in [0.3, 0.4) is 0 Å². The molecule has 2 aliphatic heterocycles. The molecule has 0 spiro atoms. The van der Waals surface area contributed by atoms with Gasteiger partial charge in [-0.05, 0) is 24.7 Å². The van der Waals surface area contributed by atoms with Crippen LogP contribution in [-0.2, 0) is 15.9 Å². The molecule has 0 radical (unpaired) electrons. The van der Waals surface area contributed by atoms with Gasteiger partial charge >= 0.3 is 0 Å². The van der Waals surface area contributed by atoms with E-state index in [0.29, 0.717) is 12.1 Å². The van der Waals surface area contributed by atoms with Crippen molar-refractivity contribution in [3.05, 3.63) is 47.2 Å². The van der Waals surface area contributed by atoms with Gasteiger partial charge in [-0.2, -0.15) is 0 Å². The highest BCUT2D eigenvalue weighted by atomic mass is 32.2. The smallest absolute Gasteiger partial charge is 0.251 e. The molecular weight excluding hydrogens is 472 g/mol. The van der Waals surface area contributed by atoms with Gasteiger partial charge in [-0.25, -0.2) is 9.97 Å². The van der Waals surface area contributed by atoms with E-state index in [9.17, 15) is 4.79 Å². The van der Waals surface area contributed by atoms with Gasteiger partial charge in [0.05, 0.1) is 18.9 Å². The molecule has 1 N–H and O–H groups in total. The largest absolute Gasteiger partial charge is 0.379 e. The molecule has 2 saturated heterocycles. The lowest BCUT2D eigenvalue weighted by Crippen LogP contribution is -2.45. The molecule has 2 aromatic rings. The first-order valence-corrected chi connectivity index (χ1v) is 13.9. The fraction of sp³-hybridized carbons (Fsp3) is 0.593. The predicted octanol–water partition coefficient (Wildman–Crippen LogP) is 2.88. The van der Waals surface area contributed by atoms with Crippen LogP contribution >= 0.6 is 11.8 Å². The summed E-state index contributed by atoms with van der Waals surface area (Å²) in [5.74, 6) is 1.75. The molecule has 0 saturated carbocycles. The number of hydrogen-bond donors (Lipinski definition) is 1. The lowest BCUT2D eigenvalue weighted by atomic mass is 9.92. The number of piperazine rings is 1. The number of benzene rings is 1. The fourth-order valence-electron chi connectivity index (χ4n) is 4.21. The maximum Gasteiger partial charge on any atom is 0.251 e. The number of morpholine rings is 1. The summed E-state index contributed by atoms with van der Waals surface area (Å²) >= 11 is 1.65. The average Bonchev–Trinajstić information content (AvgIpc) is 2.88. The zero-order valence-electron chi connectivity index (χ0n) is 22.1. The van der Waals surface area contributed by atoms with Crippen LogP contribution in [0.5, 0.6) is 0 Å². The number of likely N-dealkylation sites (N-methyl/N-ethyl adjacent to an activating group) is 1. The van der Waals surface area contributed by atoms with Gasteiger partial charge in [-0.15, -0.1) is 0 Å². The molecule has 2 fully saturated rings. The van der Waals surface area contributed by atoms with Gasteiger partial charge in [-0.1, -0.05) is 44.7 Å². The van der Waals surface area contributed by atoms with Crippen molar-refractivity contribution in [3.8, 4) is 0 Å². The number of hydrogen-bond acceptors (Lipinski definition) is 8. The first-order valence-electron chi connectivity index (χ1n) is 12.9. The van der Waals surface area contributed by atoms with Crippen LogP contribution in [0.2, 0.25) is 0 Å². The second-order valence-corrected chi connectivity index (χ2v) is 11.6. The topological polar surface area (TPSA) is 73.8 Å². The lowest BCUT2D eigenvalue weighted by molar-refractivity contribution is 0.0383. The monoisotopic (exact) mass is 512 g/mol. The van der Waals surface area contributed by atoms with Crippen molar-refractivity contribution in [3.63, 3.8) is 0 Å². The van der Waals surface area contributed by atoms with Crippen molar-refractivity contribution in [1.82, 2.24) is 25.1 Å². The molecule has 4 rings (SSSR count). The maximum absolute atomic E-state index is 12.5. The number of aromatic nitrogens is 2. The second-order valence-electron chi connectivity index (χ2n) is 10.6. The standard InChI is InChI=1S/C27H40N6O2S/c1-27(2,3)23-19-24(33-13-11-31(4)12-14-33)30-26(29-23)36-20-21-5-7-22(8-6-21)25(34)28-9-10-32-15-17-35-18-16-32/h5-8,19H,9-18,20H2,1-4H3,(H,28,34). The van der Waals surface area contributed by atoms with Gasteiger partial charge in [0.1, 0.15) is 5.82 Å². The molecule has 0 atom stereocenters. The minimum Gasteiger partial charge on any atom is -0.379 e. The van der Waals surface area contributed by atoms with Gasteiger partial charge in [0.15, 0.2) is 5.16 Å². The van der Waals surface area contributed by atoms with E-state index >= 15 is 0 Å². The molecule has 8 nitrogen and oxygen atoms in total. The molecule has 3 heterocycles. The van der Waals surface area contributed by atoms with Crippen molar-refractivity contribution in [2.24, 2.45) is 0 Å². The number of carbonyl (C=O) groups excluding carboxylic acids is 1. The molecule has 1 amide bonds. The number of nitrogens with zero attached hydrogens (tertiary/aromatic N) is 5. The third-order valence-corrected chi connectivity index (χ3v) is 7.61. The highest BCUT2D eigenvalue weighted by Crippen LogP contribution is 2.29. The van der Waals surface area contributed by atoms with E-state index in [-0.39, 0.29) is 11.3 Å². The highest BCUT2D eigenvalue weighted by molar-refractivity contribution is 7.98. The molecular formula is C27H40N6O2S. The van der Waals surface area contributed by atoms with Crippen LogP contribution in [0.1, 0.15) is 42.4 Å². The number of nitrogens with one attached hydrogen (secondary N) is 1. The predicted molar refractivity (Wildman–Crippen MR) is 146 cm³/mol. The summed E-state index contributed by atoms with van der Waals surface area (Å²) in [5, 5.41) is 3.84. The Bertz CT molecular complexity index is 996. The molecule has 1 aromatic heterocycles. The summed E-state index contributed by atoms with van der Waals surface area (Å²) in [7, 11) is 2.17. The van der Waals surface area contributed by atoms with Gasteiger partial charge in [0.2, 0.25) is 0 Å². The van der Waals surface area contributed by atoms with Gasteiger partial charge in [0, 0.05) is 75.2 Å². The van der Waals surface area contributed by atoms with Crippen molar-refractivity contribution in [2.75, 3.05) is 77.5 Å². The van der Waals surface area contributed by atoms with E-state index in [1.807, 2.05) is 24.3 Å². The Morgan fingerprint density at radius 1 is 1.03 bits per heavy atom. The molecule has 36 heavy (non-hydrogen) atoms. The highest BCUT2D eigenvalue weighted by Gasteiger charge is 2.22. The van der Waals surface area contributed by atoms with Gasteiger partial charge in [-0.3, -0.25) is 9.69 Å². The Kier molecular flexibility index (Phi) is 9.22. The normalized spacial score (nSPS) is 17.8. The molecule has 2 aliphatic rings. The number of carbonyl (C=O) groups is 1. The van der Waals surface area contributed by atoms with Crippen LogP contribution < -0.4 is 10.2 Å². The summed E-state index contributed by atoms with van der Waals surface area (Å²) in [6.07, 6.45) is 0. The van der Waals surface area contributed by atoms with Crippen LogP contribution in [0.4, 0.5) is 5.82 Å². The zero-order valence-corrected chi connectivity index (χ0v) is 22.9. The Labute approximate surface area is 219 Å². The second kappa shape index (κ2) is 12.4. The third-order valence-electron chi connectivity index (χ3n) is 6.69. The number of anilines is 1. The number of ether oxygens (including phenoxy) is 1. The Morgan fingerprint density at radius 2 is 1.72 bits per heavy atom. The molecule has 0 aliphatic carbocycles. The van der Waals surface area contributed by atoms with E-state index in [4.69, 9.17) is 14.7 Å². The molecule has 0 bridgehead atoms. The summed E-state index contributed by atoms with van der Waals surface area (Å²) in [5.41, 5.74) is 2.86. The van der Waals surface area contributed by atoms with E-state index in [1.54, 1.807) is 11.8 Å². The first-order chi connectivity index (χ1) is 17.3. The summed E-state index contributed by atoms with van der Waals surface area (Å²) in [4.78, 5) is 29.4. The van der Waals surface area contributed by atoms with Crippen molar-refractivity contribution in [1.29, 1.82) is 0 Å². The van der Waals surface area contributed by atoms with Crippen LogP contribution in [-0.4, -0.2) is 98.3 Å². The van der Waals surface area contributed by atoms with E-state index in [2.05, 4.69) is 53.9 Å². The van der Waals surface area contributed by atoms with E-state index < -0.39 is 0 Å². The third kappa shape index (κ3) is 7.65. The van der Waals surface area contributed by atoms with Gasteiger partial charge < -0.3 is 19.9 Å². The van der Waals surface area contributed by atoms with E-state index in [0.717, 1.165) is 87.0 Å². The number of thioether (sulfide) groups is 1. The van der Waals surface area contributed by atoms with Crippen molar-refractivity contribution < 1.29 is 9.53 Å². The first kappa shape index (κ1) is 26.9. The molecule has 0 unspecified atom stereocenters. The Hall–Kier alpha value is -2.20. The van der Waals surface area contributed by atoms with Crippen LogP contribution in [0.15, 0.2) is 35.5 Å². The minimum atomic E-state index is -0.0453. The van der Waals surface area contributed by atoms with Gasteiger partial charge in [0.25, 0.3) is 5.91 Å². The van der Waals surface area contributed by atoms with Crippen molar-refractivity contribution in [2.45, 2.75) is 37.1 Å². The lowest BCUT2D eigenvalue weighted by Gasteiger charge is -2.34. The maximum atomic E-state index is 12.5. The average molecular weight is 513 g/mol. The van der Waals surface area contributed by atoms with Crippen molar-refractivity contribution >= 4 is 23.5 Å². The molecule has 196 valence electrons. The summed E-state index contributed by atoms with van der Waals surface area (Å²) in [6, 6.07) is 10.0. The minimum absolute atomic E-state index is 0.0273. The van der Waals surface area contributed by atoms with Crippen LogP contribution in [0.25, 0.3) is 0 Å². The summed E-state index contributed by atoms with van der Waals surface area (Å²) in [6.45, 7) is 15.6. The Morgan fingerprint density at radius 3 is 2.39 bits per heavy atom. The molecule has 1 aromatic carbocycles. The SMILES string of the molecule is CN1CCN(c2cc(C(C)(C)C)nc(SCc3ccc(C(=O)NCCN4CCOCC4)cc3)n2)CC1. The quantitative estimate of drug-likeness (QED) is 0.428. The fourth-order valence-corrected chi connectivity index (χ4v) is 5.02. The summed E-state index contributed by atoms with van der Waals surface area (Å²) < 4.78 is 5.37.